The number of amides is 1. The van der Waals surface area contributed by atoms with Gasteiger partial charge in [0.05, 0.1) is 0 Å². The van der Waals surface area contributed by atoms with E-state index in [0.29, 0.717) is 6.54 Å². The number of benzene rings is 1. The molecule has 0 fully saturated rings. The molecule has 0 spiro atoms. The Hall–Kier alpha value is -1.55. The van der Waals surface area contributed by atoms with E-state index < -0.39 is 5.60 Å². The van der Waals surface area contributed by atoms with E-state index in [1.807, 2.05) is 34.9 Å². The molecule has 4 nitrogen and oxygen atoms in total. The molecule has 0 aliphatic carbocycles. The molecule has 1 amide bonds. The molecular formula is C17H28N2O2. The van der Waals surface area contributed by atoms with Crippen molar-refractivity contribution in [3.05, 3.63) is 35.4 Å². The van der Waals surface area contributed by atoms with Crippen LogP contribution in [0.5, 0.6) is 0 Å². The van der Waals surface area contributed by atoms with Crippen LogP contribution in [0.15, 0.2) is 24.3 Å². The molecule has 0 aliphatic heterocycles. The Bertz CT molecular complexity index is 447. The van der Waals surface area contributed by atoms with Crippen LogP contribution in [0.1, 0.15) is 31.9 Å². The van der Waals surface area contributed by atoms with Crippen LogP contribution in [0.4, 0.5) is 4.79 Å². The molecule has 1 aromatic carbocycles. The number of carbonyl (C=O) groups excluding carboxylic acids is 1. The van der Waals surface area contributed by atoms with E-state index in [4.69, 9.17) is 4.74 Å². The van der Waals surface area contributed by atoms with Gasteiger partial charge in [-0.05, 0) is 53.8 Å². The molecule has 118 valence electrons. The largest absolute Gasteiger partial charge is 0.444 e. The number of alkyl carbamates (subject to hydrolysis) is 1. The zero-order valence-corrected chi connectivity index (χ0v) is 14.1. The van der Waals surface area contributed by atoms with Crippen molar-refractivity contribution in [2.75, 3.05) is 20.6 Å². The van der Waals surface area contributed by atoms with Crippen molar-refractivity contribution in [3.8, 4) is 0 Å². The Morgan fingerprint density at radius 3 is 2.29 bits per heavy atom. The molecule has 0 saturated heterocycles. The van der Waals surface area contributed by atoms with Crippen molar-refractivity contribution < 1.29 is 9.53 Å². The van der Waals surface area contributed by atoms with Gasteiger partial charge >= 0.3 is 6.09 Å². The minimum absolute atomic E-state index is 0.236. The Labute approximate surface area is 128 Å². The summed E-state index contributed by atoms with van der Waals surface area (Å²) in [5, 5.41) is 2.85. The Kier molecular flexibility index (Phi) is 6.21. The van der Waals surface area contributed by atoms with Crippen LogP contribution in [0.25, 0.3) is 0 Å². The number of nitrogens with zero attached hydrogens (tertiary/aromatic N) is 1. The average Bonchev–Trinajstić information content (AvgIpc) is 2.34. The minimum Gasteiger partial charge on any atom is -0.444 e. The van der Waals surface area contributed by atoms with Crippen molar-refractivity contribution in [1.29, 1.82) is 0 Å². The predicted molar refractivity (Wildman–Crippen MR) is 86.6 cm³/mol. The molecule has 1 N–H and O–H groups in total. The molecule has 0 aliphatic rings. The topological polar surface area (TPSA) is 41.6 Å². The fourth-order valence-electron chi connectivity index (χ4n) is 1.95. The standard InChI is InChI=1S/C17H28N2O2/c1-13-7-9-14(10-8-13)11-15(19(5)6)12-18-16(20)21-17(2,3)4/h7-10,15H,11-12H2,1-6H3,(H,18,20)/t15-/m0/s1. The van der Waals surface area contributed by atoms with E-state index in [-0.39, 0.29) is 12.1 Å². The number of aryl methyl sites for hydroxylation is 1. The summed E-state index contributed by atoms with van der Waals surface area (Å²) in [4.78, 5) is 13.9. The summed E-state index contributed by atoms with van der Waals surface area (Å²) < 4.78 is 5.27. The number of rotatable bonds is 5. The van der Waals surface area contributed by atoms with Crippen LogP contribution in [0.3, 0.4) is 0 Å². The molecule has 0 unspecified atom stereocenters. The third-order valence-electron chi connectivity index (χ3n) is 3.20. The maximum Gasteiger partial charge on any atom is 0.407 e. The lowest BCUT2D eigenvalue weighted by atomic mass is 10.0. The Morgan fingerprint density at radius 2 is 1.81 bits per heavy atom. The number of ether oxygens (including phenoxy) is 1. The van der Waals surface area contributed by atoms with Gasteiger partial charge in [0.1, 0.15) is 5.60 Å². The van der Waals surface area contributed by atoms with Gasteiger partial charge in [0, 0.05) is 12.6 Å². The van der Waals surface area contributed by atoms with Gasteiger partial charge in [-0.15, -0.1) is 0 Å². The van der Waals surface area contributed by atoms with Gasteiger partial charge in [-0.2, -0.15) is 0 Å². The van der Waals surface area contributed by atoms with Crippen LogP contribution < -0.4 is 5.32 Å². The zero-order valence-electron chi connectivity index (χ0n) is 14.1. The van der Waals surface area contributed by atoms with Crippen molar-refractivity contribution in [3.63, 3.8) is 0 Å². The summed E-state index contributed by atoms with van der Waals surface area (Å²) in [6.45, 7) is 8.24. The predicted octanol–water partition coefficient (Wildman–Crippen LogP) is 2.99. The number of likely N-dealkylation sites (N-methyl/N-ethyl adjacent to an activating group) is 1. The van der Waals surface area contributed by atoms with Gasteiger partial charge in [-0.25, -0.2) is 4.79 Å². The van der Waals surface area contributed by atoms with E-state index in [1.54, 1.807) is 0 Å². The van der Waals surface area contributed by atoms with Gasteiger partial charge in [0.15, 0.2) is 0 Å². The van der Waals surface area contributed by atoms with Crippen molar-refractivity contribution in [2.45, 2.75) is 45.8 Å². The van der Waals surface area contributed by atoms with Gasteiger partial charge in [-0.3, -0.25) is 0 Å². The van der Waals surface area contributed by atoms with Crippen LogP contribution in [0, 0.1) is 6.92 Å². The first-order valence-corrected chi connectivity index (χ1v) is 7.36. The SMILES string of the molecule is Cc1ccc(C[C@@H](CNC(=O)OC(C)(C)C)N(C)C)cc1. The monoisotopic (exact) mass is 292 g/mol. The average molecular weight is 292 g/mol. The van der Waals surface area contributed by atoms with Gasteiger partial charge in [-0.1, -0.05) is 29.8 Å². The number of hydrogen-bond acceptors (Lipinski definition) is 3. The first-order chi connectivity index (χ1) is 9.67. The Morgan fingerprint density at radius 1 is 1.24 bits per heavy atom. The highest BCUT2D eigenvalue weighted by molar-refractivity contribution is 5.67. The molecule has 0 radical (unpaired) electrons. The van der Waals surface area contributed by atoms with E-state index in [2.05, 4.69) is 41.4 Å². The van der Waals surface area contributed by atoms with Gasteiger partial charge in [0.25, 0.3) is 0 Å². The minimum atomic E-state index is -0.464. The van der Waals surface area contributed by atoms with E-state index in [0.717, 1.165) is 6.42 Å². The summed E-state index contributed by atoms with van der Waals surface area (Å²) in [6, 6.07) is 8.74. The molecule has 1 aromatic rings. The highest BCUT2D eigenvalue weighted by atomic mass is 16.6. The number of hydrogen-bond donors (Lipinski definition) is 1. The second-order valence-corrected chi connectivity index (χ2v) is 6.69. The maximum atomic E-state index is 11.7. The third kappa shape index (κ3) is 7.14. The summed E-state index contributed by atoms with van der Waals surface area (Å²) in [6.07, 6.45) is 0.529. The first-order valence-electron chi connectivity index (χ1n) is 7.36. The lowest BCUT2D eigenvalue weighted by molar-refractivity contribution is 0.0514. The molecule has 0 aromatic heterocycles. The van der Waals surface area contributed by atoms with E-state index in [1.165, 1.54) is 11.1 Å². The molecule has 1 rings (SSSR count). The maximum absolute atomic E-state index is 11.7. The zero-order chi connectivity index (χ0) is 16.0. The third-order valence-corrected chi connectivity index (χ3v) is 3.20. The quantitative estimate of drug-likeness (QED) is 0.907. The normalized spacial score (nSPS) is 13.1. The summed E-state index contributed by atoms with van der Waals surface area (Å²) in [5.41, 5.74) is 2.06. The fourth-order valence-corrected chi connectivity index (χ4v) is 1.95. The Balaban J connectivity index is 2.54. The molecule has 21 heavy (non-hydrogen) atoms. The van der Waals surface area contributed by atoms with E-state index >= 15 is 0 Å². The number of nitrogens with one attached hydrogen (secondary N) is 1. The lowest BCUT2D eigenvalue weighted by Gasteiger charge is -2.26. The molecule has 1 atom stereocenters. The van der Waals surface area contributed by atoms with Gasteiger partial charge < -0.3 is 15.0 Å². The first kappa shape index (κ1) is 17.5. The highest BCUT2D eigenvalue weighted by Crippen LogP contribution is 2.09. The van der Waals surface area contributed by atoms with Crippen molar-refractivity contribution in [2.24, 2.45) is 0 Å². The molecule has 0 saturated carbocycles. The summed E-state index contributed by atoms with van der Waals surface area (Å²) in [5.74, 6) is 0. The fraction of sp³-hybridized carbons (Fsp3) is 0.588. The van der Waals surface area contributed by atoms with Crippen molar-refractivity contribution in [1.82, 2.24) is 10.2 Å². The molecule has 0 heterocycles. The van der Waals surface area contributed by atoms with E-state index in [9.17, 15) is 4.79 Å². The molecule has 4 heteroatoms. The van der Waals surface area contributed by atoms with Crippen LogP contribution in [-0.4, -0.2) is 43.3 Å². The second-order valence-electron chi connectivity index (χ2n) is 6.69. The molecule has 0 bridgehead atoms. The number of carbonyl (C=O) groups is 1. The lowest BCUT2D eigenvalue weighted by Crippen LogP contribution is -2.43. The van der Waals surface area contributed by atoms with Crippen LogP contribution in [-0.2, 0) is 11.2 Å². The van der Waals surface area contributed by atoms with Crippen LogP contribution >= 0.6 is 0 Å². The summed E-state index contributed by atoms with van der Waals surface area (Å²) in [7, 11) is 4.05. The molecular weight excluding hydrogens is 264 g/mol. The van der Waals surface area contributed by atoms with Crippen molar-refractivity contribution >= 4 is 6.09 Å². The second kappa shape index (κ2) is 7.46. The summed E-state index contributed by atoms with van der Waals surface area (Å²) >= 11 is 0. The smallest absolute Gasteiger partial charge is 0.407 e. The van der Waals surface area contributed by atoms with Gasteiger partial charge in [0.2, 0.25) is 0 Å². The highest BCUT2D eigenvalue weighted by Gasteiger charge is 2.18. The van der Waals surface area contributed by atoms with Crippen LogP contribution in [0.2, 0.25) is 0 Å².